The number of nitrogens with one attached hydrogen (secondary N) is 2. The summed E-state index contributed by atoms with van der Waals surface area (Å²) in [6.07, 6.45) is 3.69. The van der Waals surface area contributed by atoms with Gasteiger partial charge >= 0.3 is 0 Å². The van der Waals surface area contributed by atoms with E-state index in [4.69, 9.17) is 0 Å². The molecule has 1 unspecified atom stereocenters. The van der Waals surface area contributed by atoms with Crippen LogP contribution in [0.15, 0.2) is 0 Å². The summed E-state index contributed by atoms with van der Waals surface area (Å²) in [7, 11) is 0. The van der Waals surface area contributed by atoms with Gasteiger partial charge in [0.1, 0.15) is 0 Å². The van der Waals surface area contributed by atoms with Crippen molar-refractivity contribution in [1.29, 1.82) is 0 Å². The zero-order chi connectivity index (χ0) is 13.4. The van der Waals surface area contributed by atoms with E-state index in [2.05, 4.69) is 36.3 Å². The lowest BCUT2D eigenvalue weighted by Gasteiger charge is -2.23. The van der Waals surface area contributed by atoms with Gasteiger partial charge in [-0.1, -0.05) is 13.8 Å². The van der Waals surface area contributed by atoms with Crippen LogP contribution in [0, 0.1) is 5.92 Å². The molecular formula is C14H29N3O. The molecule has 1 fully saturated rings. The van der Waals surface area contributed by atoms with Crippen molar-refractivity contribution in [3.63, 3.8) is 0 Å². The third-order valence-electron chi connectivity index (χ3n) is 3.53. The maximum atomic E-state index is 11.5. The monoisotopic (exact) mass is 255 g/mol. The summed E-state index contributed by atoms with van der Waals surface area (Å²) in [5.41, 5.74) is 0. The molecule has 2 N–H and O–H groups in total. The Hall–Kier alpha value is -0.610. The average Bonchev–Trinajstić information content (AvgIpc) is 2.81. The number of nitrogens with zero attached hydrogens (tertiary/aromatic N) is 1. The Bertz CT molecular complexity index is 237. The molecule has 106 valence electrons. The van der Waals surface area contributed by atoms with Gasteiger partial charge in [-0.05, 0) is 45.2 Å². The molecule has 0 spiro atoms. The minimum absolute atomic E-state index is 0.115. The van der Waals surface area contributed by atoms with E-state index in [0.717, 1.165) is 19.5 Å². The minimum Gasteiger partial charge on any atom is -0.355 e. The largest absolute Gasteiger partial charge is 0.355 e. The van der Waals surface area contributed by atoms with Crippen LogP contribution in [-0.2, 0) is 4.79 Å². The first-order chi connectivity index (χ1) is 8.59. The predicted octanol–water partition coefficient (Wildman–Crippen LogP) is 1.22. The molecule has 18 heavy (non-hydrogen) atoms. The molecule has 1 heterocycles. The van der Waals surface area contributed by atoms with Crippen molar-refractivity contribution in [3.05, 3.63) is 0 Å². The lowest BCUT2D eigenvalue weighted by atomic mass is 10.1. The Balaban J connectivity index is 2.00. The first-order valence-electron chi connectivity index (χ1n) is 7.31. The molecule has 0 aromatic carbocycles. The molecule has 0 aromatic heterocycles. The van der Waals surface area contributed by atoms with E-state index in [9.17, 15) is 4.79 Å². The van der Waals surface area contributed by atoms with Gasteiger partial charge in [0.2, 0.25) is 5.91 Å². The number of hydrogen-bond donors (Lipinski definition) is 2. The molecule has 1 amide bonds. The van der Waals surface area contributed by atoms with Gasteiger partial charge in [0.05, 0.1) is 6.54 Å². The lowest BCUT2D eigenvalue weighted by molar-refractivity contribution is -0.120. The van der Waals surface area contributed by atoms with E-state index in [1.54, 1.807) is 0 Å². The van der Waals surface area contributed by atoms with Crippen molar-refractivity contribution in [3.8, 4) is 0 Å². The van der Waals surface area contributed by atoms with Gasteiger partial charge in [0.15, 0.2) is 0 Å². The Morgan fingerprint density at radius 2 is 1.89 bits per heavy atom. The third kappa shape index (κ3) is 6.36. The van der Waals surface area contributed by atoms with Gasteiger partial charge < -0.3 is 10.6 Å². The topological polar surface area (TPSA) is 44.4 Å². The van der Waals surface area contributed by atoms with Crippen molar-refractivity contribution in [2.45, 2.75) is 46.1 Å². The summed E-state index contributed by atoms with van der Waals surface area (Å²) >= 11 is 0. The van der Waals surface area contributed by atoms with E-state index >= 15 is 0 Å². The SMILES string of the molecule is CC(C)CCNC(=O)CNCC(C)N1CCCC1. The predicted molar refractivity (Wildman–Crippen MR) is 75.6 cm³/mol. The van der Waals surface area contributed by atoms with Crippen molar-refractivity contribution < 1.29 is 4.79 Å². The average molecular weight is 255 g/mol. The number of carbonyl (C=O) groups excluding carboxylic acids is 1. The van der Waals surface area contributed by atoms with Crippen molar-refractivity contribution in [2.24, 2.45) is 5.92 Å². The second kappa shape index (κ2) is 8.48. The van der Waals surface area contributed by atoms with Gasteiger partial charge in [-0.25, -0.2) is 0 Å². The van der Waals surface area contributed by atoms with Crippen LogP contribution in [0.4, 0.5) is 0 Å². The normalized spacial score (nSPS) is 18.2. The van der Waals surface area contributed by atoms with Crippen molar-refractivity contribution in [1.82, 2.24) is 15.5 Å². The second-order valence-electron chi connectivity index (χ2n) is 5.76. The van der Waals surface area contributed by atoms with E-state index in [-0.39, 0.29) is 5.91 Å². The molecule has 0 radical (unpaired) electrons. The molecular weight excluding hydrogens is 226 g/mol. The molecule has 4 nitrogen and oxygen atoms in total. The van der Waals surface area contributed by atoms with Crippen LogP contribution < -0.4 is 10.6 Å². The van der Waals surface area contributed by atoms with Gasteiger partial charge in [-0.15, -0.1) is 0 Å². The Morgan fingerprint density at radius 1 is 1.22 bits per heavy atom. The Kier molecular flexibility index (Phi) is 7.28. The fourth-order valence-electron chi connectivity index (χ4n) is 2.27. The summed E-state index contributed by atoms with van der Waals surface area (Å²) in [6, 6.07) is 0.538. The smallest absolute Gasteiger partial charge is 0.233 e. The molecule has 4 heteroatoms. The summed E-state index contributed by atoms with van der Waals surface area (Å²) in [4.78, 5) is 14.0. The molecule has 1 atom stereocenters. The van der Waals surface area contributed by atoms with Crippen LogP contribution in [0.2, 0.25) is 0 Å². The first-order valence-corrected chi connectivity index (χ1v) is 7.31. The van der Waals surface area contributed by atoms with Crippen molar-refractivity contribution in [2.75, 3.05) is 32.7 Å². The summed E-state index contributed by atoms with van der Waals surface area (Å²) < 4.78 is 0. The number of rotatable bonds is 8. The summed E-state index contributed by atoms with van der Waals surface area (Å²) in [5, 5.41) is 6.19. The van der Waals surface area contributed by atoms with Crippen molar-refractivity contribution >= 4 is 5.91 Å². The summed E-state index contributed by atoms with van der Waals surface area (Å²) in [6.45, 7) is 11.1. The second-order valence-corrected chi connectivity index (χ2v) is 5.76. The molecule has 0 aromatic rings. The minimum atomic E-state index is 0.115. The highest BCUT2D eigenvalue weighted by Gasteiger charge is 2.17. The maximum Gasteiger partial charge on any atom is 0.233 e. The molecule has 0 aliphatic carbocycles. The molecule has 0 bridgehead atoms. The Morgan fingerprint density at radius 3 is 2.50 bits per heavy atom. The third-order valence-corrected chi connectivity index (χ3v) is 3.53. The number of carbonyl (C=O) groups is 1. The van der Waals surface area contributed by atoms with Gasteiger partial charge in [0.25, 0.3) is 0 Å². The molecule has 1 saturated heterocycles. The van der Waals surface area contributed by atoms with Gasteiger partial charge in [-0.3, -0.25) is 9.69 Å². The highest BCUT2D eigenvalue weighted by atomic mass is 16.1. The molecule has 1 rings (SSSR count). The number of amides is 1. The zero-order valence-electron chi connectivity index (χ0n) is 12.2. The van der Waals surface area contributed by atoms with E-state index in [1.165, 1.54) is 25.9 Å². The quantitative estimate of drug-likeness (QED) is 0.685. The number of likely N-dealkylation sites (tertiary alicyclic amines) is 1. The number of hydrogen-bond acceptors (Lipinski definition) is 3. The Labute approximate surface area is 111 Å². The molecule has 1 aliphatic rings. The molecule has 1 aliphatic heterocycles. The maximum absolute atomic E-state index is 11.5. The molecule has 0 saturated carbocycles. The van der Waals surface area contributed by atoms with Crippen LogP contribution >= 0.6 is 0 Å². The summed E-state index contributed by atoms with van der Waals surface area (Å²) in [5.74, 6) is 0.762. The lowest BCUT2D eigenvalue weighted by Crippen LogP contribution is -2.42. The highest BCUT2D eigenvalue weighted by molar-refractivity contribution is 5.77. The van der Waals surface area contributed by atoms with Crippen LogP contribution in [0.3, 0.4) is 0 Å². The van der Waals surface area contributed by atoms with Crippen LogP contribution in [0.5, 0.6) is 0 Å². The van der Waals surface area contributed by atoms with E-state index in [1.807, 2.05) is 0 Å². The fraction of sp³-hybridized carbons (Fsp3) is 0.929. The first kappa shape index (κ1) is 15.4. The van der Waals surface area contributed by atoms with Crippen LogP contribution in [-0.4, -0.2) is 49.6 Å². The van der Waals surface area contributed by atoms with Crippen LogP contribution in [0.1, 0.15) is 40.0 Å². The van der Waals surface area contributed by atoms with Crippen LogP contribution in [0.25, 0.3) is 0 Å². The fourth-order valence-corrected chi connectivity index (χ4v) is 2.27. The van der Waals surface area contributed by atoms with E-state index in [0.29, 0.717) is 18.5 Å². The van der Waals surface area contributed by atoms with Gasteiger partial charge in [0, 0.05) is 19.1 Å². The highest BCUT2D eigenvalue weighted by Crippen LogP contribution is 2.10. The van der Waals surface area contributed by atoms with E-state index < -0.39 is 0 Å². The standard InChI is InChI=1S/C14H29N3O/c1-12(2)6-7-16-14(18)11-15-10-13(3)17-8-4-5-9-17/h12-13,15H,4-11H2,1-3H3,(H,16,18). The van der Waals surface area contributed by atoms with Gasteiger partial charge in [-0.2, -0.15) is 0 Å². The zero-order valence-corrected chi connectivity index (χ0v) is 12.2.